The smallest absolute Gasteiger partial charge is 0.235 e. The van der Waals surface area contributed by atoms with Crippen molar-refractivity contribution in [2.45, 2.75) is 19.8 Å². The summed E-state index contributed by atoms with van der Waals surface area (Å²) in [6.07, 6.45) is 1.73. The van der Waals surface area contributed by atoms with E-state index >= 15 is 0 Å². The number of aromatic nitrogens is 2. The second kappa shape index (κ2) is 5.23. The SMILES string of the molecule is CCc1nn(C)c(OCCc2cccs2)c1N. The topological polar surface area (TPSA) is 53.1 Å². The molecule has 0 unspecified atom stereocenters. The van der Waals surface area contributed by atoms with Crippen LogP contribution in [0.5, 0.6) is 5.88 Å². The maximum atomic E-state index is 5.97. The molecule has 0 fully saturated rings. The number of nitrogen functional groups attached to an aromatic ring is 1. The van der Waals surface area contributed by atoms with Crippen LogP contribution in [0.4, 0.5) is 5.69 Å². The number of hydrogen-bond donors (Lipinski definition) is 1. The van der Waals surface area contributed by atoms with Gasteiger partial charge >= 0.3 is 0 Å². The fourth-order valence-corrected chi connectivity index (χ4v) is 2.40. The Bertz CT molecular complexity index is 476. The van der Waals surface area contributed by atoms with Gasteiger partial charge in [-0.05, 0) is 17.9 Å². The Morgan fingerprint density at radius 1 is 1.53 bits per heavy atom. The van der Waals surface area contributed by atoms with E-state index in [4.69, 9.17) is 10.5 Å². The van der Waals surface area contributed by atoms with Crippen LogP contribution in [0.25, 0.3) is 0 Å². The van der Waals surface area contributed by atoms with Gasteiger partial charge in [0.25, 0.3) is 0 Å². The van der Waals surface area contributed by atoms with Crippen LogP contribution in [0, 0.1) is 0 Å². The average molecular weight is 251 g/mol. The summed E-state index contributed by atoms with van der Waals surface area (Å²) in [4.78, 5) is 1.32. The van der Waals surface area contributed by atoms with Crippen molar-refractivity contribution in [2.24, 2.45) is 7.05 Å². The molecule has 0 aliphatic heterocycles. The van der Waals surface area contributed by atoms with Gasteiger partial charge in [0.2, 0.25) is 5.88 Å². The predicted molar refractivity (Wildman–Crippen MR) is 70.5 cm³/mol. The van der Waals surface area contributed by atoms with E-state index in [1.807, 2.05) is 20.0 Å². The number of aryl methyl sites for hydroxylation is 2. The van der Waals surface area contributed by atoms with Gasteiger partial charge < -0.3 is 10.5 Å². The highest BCUT2D eigenvalue weighted by atomic mass is 32.1. The first-order chi connectivity index (χ1) is 8.22. The molecule has 0 aromatic carbocycles. The van der Waals surface area contributed by atoms with Gasteiger partial charge in [0.05, 0.1) is 12.3 Å². The fraction of sp³-hybridized carbons (Fsp3) is 0.417. The predicted octanol–water partition coefficient (Wildman–Crippen LogP) is 2.25. The highest BCUT2D eigenvalue weighted by Gasteiger charge is 2.12. The molecule has 0 radical (unpaired) electrons. The number of thiophene rings is 1. The second-order valence-electron chi connectivity index (χ2n) is 3.82. The molecule has 5 heteroatoms. The van der Waals surface area contributed by atoms with Gasteiger partial charge in [0.1, 0.15) is 5.69 Å². The third-order valence-electron chi connectivity index (χ3n) is 2.61. The van der Waals surface area contributed by atoms with Crippen molar-refractivity contribution in [2.75, 3.05) is 12.3 Å². The molecule has 0 amide bonds. The zero-order chi connectivity index (χ0) is 12.3. The number of anilines is 1. The molecule has 2 N–H and O–H groups in total. The molecule has 92 valence electrons. The number of nitrogens with zero attached hydrogens (tertiary/aromatic N) is 2. The van der Waals surface area contributed by atoms with Gasteiger partial charge in [-0.2, -0.15) is 5.10 Å². The van der Waals surface area contributed by atoms with Gasteiger partial charge in [-0.15, -0.1) is 11.3 Å². The number of hydrogen-bond acceptors (Lipinski definition) is 4. The third-order valence-corrected chi connectivity index (χ3v) is 3.54. The van der Waals surface area contributed by atoms with E-state index in [0.29, 0.717) is 18.2 Å². The van der Waals surface area contributed by atoms with Crippen LogP contribution < -0.4 is 10.5 Å². The maximum absolute atomic E-state index is 5.97. The molecule has 0 aliphatic rings. The molecule has 0 saturated carbocycles. The van der Waals surface area contributed by atoms with E-state index in [1.54, 1.807) is 16.0 Å². The van der Waals surface area contributed by atoms with Crippen molar-refractivity contribution in [1.82, 2.24) is 9.78 Å². The van der Waals surface area contributed by atoms with E-state index in [9.17, 15) is 0 Å². The van der Waals surface area contributed by atoms with Crippen LogP contribution >= 0.6 is 11.3 Å². The Morgan fingerprint density at radius 2 is 2.35 bits per heavy atom. The monoisotopic (exact) mass is 251 g/mol. The maximum Gasteiger partial charge on any atom is 0.235 e. The van der Waals surface area contributed by atoms with Gasteiger partial charge in [-0.25, -0.2) is 4.68 Å². The molecule has 0 aliphatic carbocycles. The van der Waals surface area contributed by atoms with Crippen LogP contribution in [0.3, 0.4) is 0 Å². The largest absolute Gasteiger partial charge is 0.476 e. The Balaban J connectivity index is 1.97. The summed E-state index contributed by atoms with van der Waals surface area (Å²) in [5.41, 5.74) is 7.54. The molecule has 2 aromatic rings. The summed E-state index contributed by atoms with van der Waals surface area (Å²) >= 11 is 1.74. The Kier molecular flexibility index (Phi) is 3.68. The summed E-state index contributed by atoms with van der Waals surface area (Å²) in [6.45, 7) is 2.67. The van der Waals surface area contributed by atoms with Gasteiger partial charge in [0, 0.05) is 18.3 Å². The lowest BCUT2D eigenvalue weighted by atomic mass is 10.3. The van der Waals surface area contributed by atoms with E-state index < -0.39 is 0 Å². The number of rotatable bonds is 5. The first-order valence-electron chi connectivity index (χ1n) is 5.69. The minimum Gasteiger partial charge on any atom is -0.476 e. The molecule has 0 atom stereocenters. The van der Waals surface area contributed by atoms with E-state index in [2.05, 4.69) is 16.5 Å². The van der Waals surface area contributed by atoms with Gasteiger partial charge in [-0.1, -0.05) is 13.0 Å². The summed E-state index contributed by atoms with van der Waals surface area (Å²) in [7, 11) is 1.86. The zero-order valence-corrected chi connectivity index (χ0v) is 11.0. The lowest BCUT2D eigenvalue weighted by Crippen LogP contribution is -2.05. The Morgan fingerprint density at radius 3 is 2.94 bits per heavy atom. The lowest BCUT2D eigenvalue weighted by Gasteiger charge is -2.06. The molecule has 17 heavy (non-hydrogen) atoms. The van der Waals surface area contributed by atoms with Crippen LogP contribution in [-0.2, 0) is 19.9 Å². The Hall–Kier alpha value is -1.49. The highest BCUT2D eigenvalue weighted by Crippen LogP contribution is 2.25. The first kappa shape index (κ1) is 12.0. The van der Waals surface area contributed by atoms with Crippen molar-refractivity contribution in [3.05, 3.63) is 28.1 Å². The average Bonchev–Trinajstić information content (AvgIpc) is 2.91. The molecule has 0 saturated heterocycles. The van der Waals surface area contributed by atoms with Crippen LogP contribution in [0.1, 0.15) is 17.5 Å². The fourth-order valence-electron chi connectivity index (χ4n) is 1.71. The molecule has 2 aromatic heterocycles. The third kappa shape index (κ3) is 2.61. The molecule has 0 bridgehead atoms. The van der Waals surface area contributed by atoms with Gasteiger partial charge in [0.15, 0.2) is 0 Å². The normalized spacial score (nSPS) is 10.7. The van der Waals surface area contributed by atoms with E-state index in [-0.39, 0.29) is 0 Å². The lowest BCUT2D eigenvalue weighted by molar-refractivity contribution is 0.296. The zero-order valence-electron chi connectivity index (χ0n) is 10.1. The number of nitrogens with two attached hydrogens (primary N) is 1. The Labute approximate surface area is 105 Å². The molecular formula is C12H17N3OS. The number of ether oxygens (including phenoxy) is 1. The van der Waals surface area contributed by atoms with Crippen molar-refractivity contribution >= 4 is 17.0 Å². The standard InChI is InChI=1S/C12H17N3OS/c1-3-10-11(13)12(15(2)14-10)16-7-6-9-5-4-8-17-9/h4-5,8H,3,6-7,13H2,1-2H3. The van der Waals surface area contributed by atoms with Crippen molar-refractivity contribution in [3.63, 3.8) is 0 Å². The summed E-state index contributed by atoms with van der Waals surface area (Å²) in [5.74, 6) is 0.679. The van der Waals surface area contributed by atoms with E-state index in [1.165, 1.54) is 4.88 Å². The molecule has 2 rings (SSSR count). The minimum atomic E-state index is 0.632. The van der Waals surface area contributed by atoms with Crippen LogP contribution in [0.15, 0.2) is 17.5 Å². The van der Waals surface area contributed by atoms with Crippen molar-refractivity contribution < 1.29 is 4.74 Å². The molecular weight excluding hydrogens is 234 g/mol. The second-order valence-corrected chi connectivity index (χ2v) is 4.85. The molecule has 2 heterocycles. The molecule has 4 nitrogen and oxygen atoms in total. The van der Waals surface area contributed by atoms with Crippen LogP contribution in [0.2, 0.25) is 0 Å². The van der Waals surface area contributed by atoms with Gasteiger partial charge in [-0.3, -0.25) is 0 Å². The van der Waals surface area contributed by atoms with Crippen molar-refractivity contribution in [1.29, 1.82) is 0 Å². The first-order valence-corrected chi connectivity index (χ1v) is 6.56. The van der Waals surface area contributed by atoms with Crippen molar-refractivity contribution in [3.8, 4) is 5.88 Å². The minimum absolute atomic E-state index is 0.632. The van der Waals surface area contributed by atoms with E-state index in [0.717, 1.165) is 18.5 Å². The molecule has 0 spiro atoms. The summed E-state index contributed by atoms with van der Waals surface area (Å²) < 4.78 is 7.42. The highest BCUT2D eigenvalue weighted by molar-refractivity contribution is 7.09. The van der Waals surface area contributed by atoms with Crippen LogP contribution in [-0.4, -0.2) is 16.4 Å². The quantitative estimate of drug-likeness (QED) is 0.886. The summed E-state index contributed by atoms with van der Waals surface area (Å²) in [5, 5.41) is 6.39. The summed E-state index contributed by atoms with van der Waals surface area (Å²) in [6, 6.07) is 4.16.